The number of piperazine rings is 1. The van der Waals surface area contributed by atoms with E-state index >= 15 is 0 Å². The van der Waals surface area contributed by atoms with Gasteiger partial charge in [-0.25, -0.2) is 4.68 Å². The van der Waals surface area contributed by atoms with E-state index in [1.165, 1.54) is 12.4 Å². The highest BCUT2D eigenvalue weighted by Gasteiger charge is 2.47. The average molecular weight is 417 g/mol. The molecule has 0 radical (unpaired) electrons. The summed E-state index contributed by atoms with van der Waals surface area (Å²) in [4.78, 5) is 16.8. The first-order valence-corrected chi connectivity index (χ1v) is 10.3. The van der Waals surface area contributed by atoms with Crippen LogP contribution in [0.2, 0.25) is 0 Å². The Hall–Kier alpha value is -2.91. The highest BCUT2D eigenvalue weighted by molar-refractivity contribution is 5.97. The van der Waals surface area contributed by atoms with Crippen molar-refractivity contribution in [3.8, 4) is 11.1 Å². The van der Waals surface area contributed by atoms with Crippen LogP contribution >= 0.6 is 0 Å². The lowest BCUT2D eigenvalue weighted by Crippen LogP contribution is -2.57. The van der Waals surface area contributed by atoms with Crippen molar-refractivity contribution in [3.63, 3.8) is 0 Å². The van der Waals surface area contributed by atoms with Gasteiger partial charge in [-0.1, -0.05) is 0 Å². The molecule has 2 saturated heterocycles. The molecule has 30 heavy (non-hydrogen) atoms. The minimum Gasteiger partial charge on any atom is -0.351 e. The molecule has 10 heteroatoms. The number of amidine groups is 1. The highest BCUT2D eigenvalue weighted by atomic mass is 19.3. The van der Waals surface area contributed by atoms with E-state index in [0.717, 1.165) is 25.7 Å². The third kappa shape index (κ3) is 3.14. The molecule has 2 bridgehead atoms. The van der Waals surface area contributed by atoms with Gasteiger partial charge in [-0.3, -0.25) is 14.9 Å². The van der Waals surface area contributed by atoms with Gasteiger partial charge in [0.15, 0.2) is 0 Å². The summed E-state index contributed by atoms with van der Waals surface area (Å²) < 4.78 is 28.0. The summed E-state index contributed by atoms with van der Waals surface area (Å²) in [5.74, 6) is 0.884. The Bertz CT molecular complexity index is 966. The number of nitrogens with one attached hydrogen (secondary N) is 2. The normalized spacial score (nSPS) is 23.3. The lowest BCUT2D eigenvalue weighted by Gasteiger charge is -2.42. The summed E-state index contributed by atoms with van der Waals surface area (Å²) in [7, 11) is 1.75. The van der Waals surface area contributed by atoms with Crippen LogP contribution in [-0.2, 0) is 4.79 Å². The third-order valence-corrected chi connectivity index (χ3v) is 6.42. The molecule has 4 heterocycles. The molecule has 1 aliphatic carbocycles. The molecular weight excluding hydrogens is 392 g/mol. The highest BCUT2D eigenvalue weighted by Crippen LogP contribution is 2.38. The number of carbonyl (C=O) groups excluding carboxylic acids is 1. The number of rotatable bonds is 5. The van der Waals surface area contributed by atoms with Crippen molar-refractivity contribution in [1.82, 2.24) is 24.3 Å². The minimum atomic E-state index is -2.69. The van der Waals surface area contributed by atoms with E-state index in [0.29, 0.717) is 46.3 Å². The maximum absolute atomic E-state index is 12.9. The largest absolute Gasteiger partial charge is 0.351 e. The monoisotopic (exact) mass is 417 g/mol. The first kappa shape index (κ1) is 19.1. The summed E-state index contributed by atoms with van der Waals surface area (Å²) in [5.41, 5.74) is 4.96. The zero-order valence-electron chi connectivity index (χ0n) is 16.8. The molecule has 8 nitrogen and oxygen atoms in total. The number of amides is 1. The Morgan fingerprint density at radius 2 is 1.87 bits per heavy atom. The first-order chi connectivity index (χ1) is 14.5. The molecule has 1 amide bonds. The molecule has 2 aliphatic heterocycles. The van der Waals surface area contributed by atoms with Crippen LogP contribution in [0.15, 0.2) is 24.7 Å². The van der Waals surface area contributed by atoms with Crippen molar-refractivity contribution in [2.45, 2.75) is 44.3 Å². The lowest BCUT2D eigenvalue weighted by molar-refractivity contribution is -0.137. The van der Waals surface area contributed by atoms with E-state index in [-0.39, 0.29) is 18.0 Å². The minimum absolute atomic E-state index is 0.166. The Labute approximate surface area is 172 Å². The fraction of sp³-hybridized carbons (Fsp3) is 0.550. The van der Waals surface area contributed by atoms with E-state index in [1.54, 1.807) is 17.9 Å². The number of carbonyl (C=O) groups is 1. The molecular formula is C20H25F2N7O. The molecule has 2 aromatic heterocycles. The summed E-state index contributed by atoms with van der Waals surface area (Å²) in [5, 5.41) is 12.5. The topological polar surface area (TPSA) is 82.2 Å². The molecule has 2 unspecified atom stereocenters. The van der Waals surface area contributed by atoms with Crippen molar-refractivity contribution < 1.29 is 13.6 Å². The second kappa shape index (κ2) is 7.10. The summed E-state index contributed by atoms with van der Waals surface area (Å²) >= 11 is 0. The molecule has 0 spiro atoms. The van der Waals surface area contributed by atoms with Gasteiger partial charge in [-0.15, -0.1) is 0 Å². The number of alkyl halides is 2. The number of hydrogen-bond donors (Lipinski definition) is 2. The maximum atomic E-state index is 12.9. The zero-order valence-corrected chi connectivity index (χ0v) is 16.8. The lowest BCUT2D eigenvalue weighted by atomic mass is 10.1. The Morgan fingerprint density at radius 3 is 2.43 bits per heavy atom. The quantitative estimate of drug-likeness (QED) is 0.578. The van der Waals surface area contributed by atoms with Crippen molar-refractivity contribution in [1.29, 1.82) is 5.41 Å². The van der Waals surface area contributed by atoms with Crippen LogP contribution in [0, 0.1) is 11.3 Å². The second-order valence-corrected chi connectivity index (χ2v) is 8.35. The number of aromatic nitrogens is 3. The van der Waals surface area contributed by atoms with Gasteiger partial charge in [-0.05, 0) is 31.7 Å². The van der Waals surface area contributed by atoms with Crippen LogP contribution in [-0.4, -0.2) is 68.2 Å². The fourth-order valence-electron chi connectivity index (χ4n) is 4.73. The molecule has 160 valence electrons. The van der Waals surface area contributed by atoms with Gasteiger partial charge < -0.3 is 15.2 Å². The molecule has 2 N–H and O–H groups in total. The smallest absolute Gasteiger partial charge is 0.333 e. The fourth-order valence-corrected chi connectivity index (χ4v) is 4.73. The standard InChI is InChI=1S/C20H25F2N7O/c1-24-27-8-13(14-7-25-28(9-14)20(21)22)6-17(27)18(23)26-10-15-4-5-16(11-26)29(15)19(30)12-2-3-12/h6-9,12,15-16,20,23-24H,2-5,10-11H2,1H3. The van der Waals surface area contributed by atoms with Gasteiger partial charge >= 0.3 is 6.55 Å². The number of fused-ring (bicyclic) bond motifs is 2. The summed E-state index contributed by atoms with van der Waals surface area (Å²) in [6.07, 6.45) is 8.46. The predicted octanol–water partition coefficient (Wildman–Crippen LogP) is 2.33. The van der Waals surface area contributed by atoms with Crippen molar-refractivity contribution >= 4 is 11.7 Å². The van der Waals surface area contributed by atoms with Gasteiger partial charge in [0.2, 0.25) is 5.91 Å². The van der Waals surface area contributed by atoms with Crippen molar-refractivity contribution in [2.24, 2.45) is 5.92 Å². The molecule has 2 atom stereocenters. The molecule has 0 aromatic carbocycles. The Morgan fingerprint density at radius 1 is 1.17 bits per heavy atom. The number of likely N-dealkylation sites (tertiary alicyclic amines) is 1. The molecule has 5 rings (SSSR count). The van der Waals surface area contributed by atoms with Gasteiger partial charge in [0.25, 0.3) is 0 Å². The van der Waals surface area contributed by atoms with E-state index in [4.69, 9.17) is 5.41 Å². The van der Waals surface area contributed by atoms with Crippen LogP contribution < -0.4 is 5.43 Å². The van der Waals surface area contributed by atoms with Gasteiger partial charge in [0.1, 0.15) is 11.5 Å². The first-order valence-electron chi connectivity index (χ1n) is 10.3. The van der Waals surface area contributed by atoms with Crippen LogP contribution in [0.25, 0.3) is 11.1 Å². The van der Waals surface area contributed by atoms with Crippen molar-refractivity contribution in [3.05, 3.63) is 30.4 Å². The van der Waals surface area contributed by atoms with E-state index in [2.05, 4.69) is 15.4 Å². The predicted molar refractivity (Wildman–Crippen MR) is 107 cm³/mol. The number of halogens is 2. The molecule has 1 saturated carbocycles. The second-order valence-electron chi connectivity index (χ2n) is 8.35. The van der Waals surface area contributed by atoms with Gasteiger partial charge in [-0.2, -0.15) is 13.9 Å². The van der Waals surface area contributed by atoms with Crippen LogP contribution in [0.4, 0.5) is 8.78 Å². The Balaban J connectivity index is 1.36. The van der Waals surface area contributed by atoms with Crippen LogP contribution in [0.1, 0.15) is 37.9 Å². The van der Waals surface area contributed by atoms with E-state index < -0.39 is 6.55 Å². The van der Waals surface area contributed by atoms with Crippen LogP contribution in [0.5, 0.6) is 0 Å². The van der Waals surface area contributed by atoms with Crippen LogP contribution in [0.3, 0.4) is 0 Å². The summed E-state index contributed by atoms with van der Waals surface area (Å²) in [6, 6.07) is 2.15. The average Bonchev–Trinajstić information content (AvgIpc) is 3.19. The van der Waals surface area contributed by atoms with E-state index in [1.807, 2.05) is 11.0 Å². The number of nitrogens with zero attached hydrogens (tertiary/aromatic N) is 5. The third-order valence-electron chi connectivity index (χ3n) is 6.42. The molecule has 3 fully saturated rings. The van der Waals surface area contributed by atoms with E-state index in [9.17, 15) is 13.6 Å². The van der Waals surface area contributed by atoms with Gasteiger partial charge in [0.05, 0.1) is 6.20 Å². The maximum Gasteiger partial charge on any atom is 0.333 e. The van der Waals surface area contributed by atoms with Crippen molar-refractivity contribution in [2.75, 3.05) is 25.6 Å². The van der Waals surface area contributed by atoms with Gasteiger partial charge in [0, 0.05) is 61.7 Å². The summed E-state index contributed by atoms with van der Waals surface area (Å²) in [6.45, 7) is -1.38. The molecule has 2 aromatic rings. The zero-order chi connectivity index (χ0) is 21.0. The number of hydrogen-bond acceptors (Lipinski definition) is 4. The Kier molecular flexibility index (Phi) is 4.52. The SMILES string of the molecule is CNn1cc(-c2cnn(C(F)F)c2)cc1C(=N)N1CC2CCC(C1)N2C(=O)C1CC1. The molecule has 3 aliphatic rings.